The van der Waals surface area contributed by atoms with Crippen LogP contribution in [0, 0.1) is 17.8 Å². The second kappa shape index (κ2) is 56.6. The number of carbonyl (C=O) groups excluding carboxylic acids is 11. The van der Waals surface area contributed by atoms with Gasteiger partial charge in [0.2, 0.25) is 57.7 Å². The fourth-order valence-electron chi connectivity index (χ4n) is 5.03. The van der Waals surface area contributed by atoms with Crippen LogP contribution in [0.15, 0.2) is 0 Å². The van der Waals surface area contributed by atoms with Crippen molar-refractivity contribution < 1.29 is 65.9 Å². The molecule has 0 saturated heterocycles. The molecular formula is C44H66Cl11F3O11. The van der Waals surface area contributed by atoms with Gasteiger partial charge >= 0.3 is 6.18 Å². The summed E-state index contributed by atoms with van der Waals surface area (Å²) in [6, 6.07) is 0. The van der Waals surface area contributed by atoms with E-state index in [1.165, 1.54) is 77.6 Å². The molecule has 25 heteroatoms. The van der Waals surface area contributed by atoms with Crippen LogP contribution in [0.2, 0.25) is 0 Å². The van der Waals surface area contributed by atoms with Crippen molar-refractivity contribution in [2.75, 3.05) is 0 Å². The van der Waals surface area contributed by atoms with Crippen LogP contribution in [0.5, 0.6) is 0 Å². The van der Waals surface area contributed by atoms with E-state index in [1.54, 1.807) is 0 Å². The maximum atomic E-state index is 11.5. The summed E-state index contributed by atoms with van der Waals surface area (Å²) in [6.07, 6.45) is 13.5. The predicted octanol–water partition coefficient (Wildman–Crippen LogP) is 16.2. The van der Waals surface area contributed by atoms with E-state index in [2.05, 4.69) is 30.1 Å². The lowest BCUT2D eigenvalue weighted by Crippen LogP contribution is -2.24. The zero-order chi connectivity index (χ0) is 54.3. The standard InChI is InChI=1S/C16H31ClO.C13H13Cl5O5.C5H6Cl2O2.C4H7ClO.C3H2ClF3O.C2H3ClO.CH4/c1-2-3-4-5-6-7-8-9-10-11-12-13-14-15-16(17)18;14-9(19)2-1-6(11(16)21)3-7(12(17)22)4-8(13(18)23)5-10(15)20;6-4(8)2-1-3-5(7)9;1-2-3-4(5)6;4-2(8)1-3(5,6)7;1-2(3)4;/h2-15H2,1H3;6-8H,1-5H2;1-3H2;2-3H2,1H3;1H2;1H3;1H4. The van der Waals surface area contributed by atoms with Gasteiger partial charge in [0.15, 0.2) is 0 Å². The van der Waals surface area contributed by atoms with Gasteiger partial charge in [-0.05, 0) is 166 Å². The van der Waals surface area contributed by atoms with Crippen LogP contribution in [0.3, 0.4) is 0 Å². The SMILES string of the molecule is C.CC(=O)Cl.CCCC(=O)Cl.CCCCCCCCCCCCCCCC(=O)Cl.O=C(Cl)CC(F)(F)F.O=C(Cl)CCC(CC(CC(CC(=O)Cl)C(=O)Cl)C(=O)Cl)C(=O)Cl.O=C(Cl)CCCC(=O)Cl. The first kappa shape index (κ1) is 82.4. The second-order valence-electron chi connectivity index (χ2n) is 14.6. The Morgan fingerprint density at radius 3 is 0.913 bits per heavy atom. The van der Waals surface area contributed by atoms with Gasteiger partial charge in [-0.2, -0.15) is 13.2 Å². The van der Waals surface area contributed by atoms with E-state index in [9.17, 15) is 65.9 Å². The first-order chi connectivity index (χ1) is 31.4. The van der Waals surface area contributed by atoms with Crippen molar-refractivity contribution in [1.82, 2.24) is 0 Å². The maximum Gasteiger partial charge on any atom is 0.397 e. The molecule has 0 rings (SSSR count). The smallest absolute Gasteiger partial charge is 0.282 e. The maximum absolute atomic E-state index is 11.5. The number of unbranched alkanes of at least 4 members (excludes halogenated alkanes) is 12. The van der Waals surface area contributed by atoms with Gasteiger partial charge in [0.25, 0.3) is 0 Å². The Labute approximate surface area is 460 Å². The zero-order valence-corrected chi connectivity index (χ0v) is 46.5. The molecule has 0 aliphatic carbocycles. The zero-order valence-electron chi connectivity index (χ0n) is 38.2. The van der Waals surface area contributed by atoms with E-state index in [1.807, 2.05) is 6.92 Å². The number of halogens is 14. The average molecular weight is 1220 g/mol. The minimum Gasteiger partial charge on any atom is -0.282 e. The van der Waals surface area contributed by atoms with Crippen LogP contribution < -0.4 is 0 Å². The summed E-state index contributed by atoms with van der Waals surface area (Å²) in [7, 11) is 0. The monoisotopic (exact) mass is 1210 g/mol. The van der Waals surface area contributed by atoms with Gasteiger partial charge in [-0.1, -0.05) is 98.3 Å². The highest BCUT2D eigenvalue weighted by Crippen LogP contribution is 2.30. The number of rotatable bonds is 33. The Kier molecular flexibility index (Phi) is 67.6. The summed E-state index contributed by atoms with van der Waals surface area (Å²) in [4.78, 5) is 115. The van der Waals surface area contributed by atoms with Crippen molar-refractivity contribution in [3.8, 4) is 0 Å². The lowest BCUT2D eigenvalue weighted by molar-refractivity contribution is -0.147. The molecule has 0 N–H and O–H groups in total. The van der Waals surface area contributed by atoms with Crippen molar-refractivity contribution in [3.05, 3.63) is 0 Å². The van der Waals surface area contributed by atoms with E-state index >= 15 is 0 Å². The van der Waals surface area contributed by atoms with Gasteiger partial charge in [0, 0.05) is 63.2 Å². The van der Waals surface area contributed by atoms with Gasteiger partial charge < -0.3 is 0 Å². The first-order valence-electron chi connectivity index (χ1n) is 21.4. The molecule has 0 bridgehead atoms. The quantitative estimate of drug-likeness (QED) is 0.0449. The molecule has 0 aliphatic rings. The van der Waals surface area contributed by atoms with Crippen molar-refractivity contribution in [3.63, 3.8) is 0 Å². The van der Waals surface area contributed by atoms with Crippen LogP contribution in [0.25, 0.3) is 0 Å². The summed E-state index contributed by atoms with van der Waals surface area (Å²) >= 11 is 55.9. The molecule has 406 valence electrons. The minimum atomic E-state index is -4.46. The minimum absolute atomic E-state index is 0. The Bertz CT molecular complexity index is 1460. The third kappa shape index (κ3) is 87.5. The van der Waals surface area contributed by atoms with Crippen LogP contribution in [0.4, 0.5) is 13.2 Å². The van der Waals surface area contributed by atoms with Crippen LogP contribution in [0.1, 0.15) is 189 Å². The fourth-order valence-corrected chi connectivity index (χ4v) is 6.61. The van der Waals surface area contributed by atoms with E-state index in [4.69, 9.17) is 104 Å². The molecule has 3 atom stereocenters. The third-order valence-electron chi connectivity index (χ3n) is 8.21. The highest BCUT2D eigenvalue weighted by molar-refractivity contribution is 6.67. The molecule has 0 spiro atoms. The van der Waals surface area contributed by atoms with Crippen molar-refractivity contribution in [1.29, 1.82) is 0 Å². The topological polar surface area (TPSA) is 188 Å². The molecule has 0 fully saturated rings. The Hall–Kier alpha value is -0.650. The Morgan fingerprint density at radius 1 is 0.377 bits per heavy atom. The molecule has 0 aromatic carbocycles. The lowest BCUT2D eigenvalue weighted by Gasteiger charge is -2.20. The third-order valence-corrected chi connectivity index (χ3v) is 10.4. The summed E-state index contributed by atoms with van der Waals surface area (Å²) in [6.45, 7) is 5.48. The average Bonchev–Trinajstić information content (AvgIpc) is 3.16. The molecule has 11 nitrogen and oxygen atoms in total. The predicted molar refractivity (Wildman–Crippen MR) is 275 cm³/mol. The normalized spacial score (nSPS) is 11.3. The highest BCUT2D eigenvalue weighted by atomic mass is 35.5. The number of carbonyl (C=O) groups is 11. The Morgan fingerprint density at radius 2 is 0.681 bits per heavy atom. The van der Waals surface area contributed by atoms with E-state index < -0.39 is 72.3 Å². The largest absolute Gasteiger partial charge is 0.397 e. The molecule has 0 radical (unpaired) electrons. The van der Waals surface area contributed by atoms with Crippen LogP contribution >= 0.6 is 128 Å². The van der Waals surface area contributed by atoms with Gasteiger partial charge in [-0.15, -0.1) is 0 Å². The molecule has 69 heavy (non-hydrogen) atoms. The molecule has 0 aromatic rings. The molecule has 0 saturated carbocycles. The number of hydrogen-bond donors (Lipinski definition) is 0. The van der Waals surface area contributed by atoms with E-state index in [-0.39, 0.29) is 68.1 Å². The molecule has 0 amide bonds. The number of alkyl halides is 3. The summed E-state index contributed by atoms with van der Waals surface area (Å²) < 4.78 is 33.0. The summed E-state index contributed by atoms with van der Waals surface area (Å²) in [5, 5.41) is -6.85. The molecular weight excluding hydrogens is 1150 g/mol. The molecule has 0 heterocycles. The summed E-state index contributed by atoms with van der Waals surface area (Å²) in [5.41, 5.74) is 0. The van der Waals surface area contributed by atoms with Gasteiger partial charge in [0.1, 0.15) is 6.42 Å². The van der Waals surface area contributed by atoms with Gasteiger partial charge in [-0.25, -0.2) is 0 Å². The highest BCUT2D eigenvalue weighted by Gasteiger charge is 2.31. The van der Waals surface area contributed by atoms with Gasteiger partial charge in [0.05, 0.1) is 0 Å². The van der Waals surface area contributed by atoms with E-state index in [0.29, 0.717) is 19.3 Å². The van der Waals surface area contributed by atoms with Gasteiger partial charge in [-0.3, -0.25) is 52.7 Å². The van der Waals surface area contributed by atoms with Crippen LogP contribution in [-0.2, 0) is 52.7 Å². The molecule has 0 aromatic heterocycles. The van der Waals surface area contributed by atoms with Crippen LogP contribution in [-0.4, -0.2) is 63.8 Å². The second-order valence-corrected chi connectivity index (χ2v) is 19.2. The summed E-state index contributed by atoms with van der Waals surface area (Å²) in [5.74, 6) is -2.79. The lowest BCUT2D eigenvalue weighted by atomic mass is 9.85. The first-order valence-corrected chi connectivity index (χ1v) is 25.6. The van der Waals surface area contributed by atoms with Crippen molar-refractivity contribution in [2.45, 2.75) is 195 Å². The fraction of sp³-hybridized carbons (Fsp3) is 0.750. The van der Waals surface area contributed by atoms with Crippen molar-refractivity contribution in [2.24, 2.45) is 17.8 Å². The molecule has 0 aliphatic heterocycles. The molecule has 3 unspecified atom stereocenters. The van der Waals surface area contributed by atoms with E-state index in [0.717, 1.165) is 19.3 Å². The Balaban J connectivity index is -0.000000147. The number of hydrogen-bond acceptors (Lipinski definition) is 11. The van der Waals surface area contributed by atoms with Crippen molar-refractivity contribution >= 4 is 185 Å².